The Hall–Kier alpha value is -0.400. The van der Waals surface area contributed by atoms with Crippen molar-refractivity contribution in [3.05, 3.63) is 0 Å². The molecule has 2 heteroatoms. The average Bonchev–Trinajstić information content (AvgIpc) is 2.79. The molecule has 2 spiro atoms. The Morgan fingerprint density at radius 2 is 1.03 bits per heavy atom. The van der Waals surface area contributed by atoms with E-state index in [1.165, 1.54) is 77.0 Å². The summed E-state index contributed by atoms with van der Waals surface area (Å²) in [5.74, 6) is 1.85. The van der Waals surface area contributed by atoms with Gasteiger partial charge in [-0.05, 0) is 63.2 Å². The summed E-state index contributed by atoms with van der Waals surface area (Å²) >= 11 is 0. The van der Waals surface area contributed by atoms with Gasteiger partial charge in [0.05, 0.1) is 10.8 Å². The molecule has 174 valence electrons. The van der Waals surface area contributed by atoms with Crippen LogP contribution < -0.4 is 0 Å². The van der Waals surface area contributed by atoms with Crippen molar-refractivity contribution in [2.75, 3.05) is 0 Å². The van der Waals surface area contributed by atoms with Gasteiger partial charge in [-0.2, -0.15) is 0 Å². The lowest BCUT2D eigenvalue weighted by atomic mass is 9.41. The molecule has 0 N–H and O–H groups in total. The van der Waals surface area contributed by atoms with Gasteiger partial charge in [-0.1, -0.05) is 90.9 Å². The third-order valence-electron chi connectivity index (χ3n) is 9.30. The fourth-order valence-electron chi connectivity index (χ4n) is 7.17. The summed E-state index contributed by atoms with van der Waals surface area (Å²) in [6, 6.07) is 0. The van der Waals surface area contributed by atoms with Gasteiger partial charge in [0.2, 0.25) is 0 Å². The molecule has 0 aromatic carbocycles. The molecule has 0 aromatic heterocycles. The van der Waals surface area contributed by atoms with E-state index in [0.29, 0.717) is 5.78 Å². The van der Waals surface area contributed by atoms with Gasteiger partial charge >= 0.3 is 0 Å². The van der Waals surface area contributed by atoms with Crippen LogP contribution in [0.5, 0.6) is 0 Å². The summed E-state index contributed by atoms with van der Waals surface area (Å²) in [7, 11) is 0. The Balaban J connectivity index is 1.38. The van der Waals surface area contributed by atoms with Crippen molar-refractivity contribution in [1.29, 1.82) is 0 Å². The first-order chi connectivity index (χ1) is 14.6. The van der Waals surface area contributed by atoms with Gasteiger partial charge in [0.15, 0.2) is 5.78 Å². The highest BCUT2D eigenvalue weighted by molar-refractivity contribution is 5.98. The van der Waals surface area contributed by atoms with E-state index in [1.807, 2.05) is 0 Å². The van der Waals surface area contributed by atoms with Gasteiger partial charge < -0.3 is 0 Å². The van der Waals surface area contributed by atoms with Crippen molar-refractivity contribution in [3.8, 4) is 0 Å². The molecule has 0 amide bonds. The first kappa shape index (κ1) is 24.2. The highest BCUT2D eigenvalue weighted by atomic mass is 19.1. The summed E-state index contributed by atoms with van der Waals surface area (Å²) in [6.07, 6.45) is 22.9. The molecule has 1 nitrogen and oxygen atoms in total. The van der Waals surface area contributed by atoms with Crippen LogP contribution in [0.3, 0.4) is 0 Å². The van der Waals surface area contributed by atoms with E-state index in [4.69, 9.17) is 0 Å². The molecule has 0 heterocycles. The average molecular weight is 421 g/mol. The number of hydrogen-bond acceptors (Lipinski definition) is 1. The molecule has 3 rings (SSSR count). The monoisotopic (exact) mass is 420 g/mol. The van der Waals surface area contributed by atoms with Crippen LogP contribution in [0.25, 0.3) is 0 Å². The number of Topliss-reactive ketones (excluding diaryl/α,β-unsaturated/α-hetero) is 1. The number of hydrogen-bond donors (Lipinski definition) is 0. The molecule has 3 saturated carbocycles. The first-order valence-corrected chi connectivity index (χ1v) is 13.8. The van der Waals surface area contributed by atoms with Crippen LogP contribution in [0.15, 0.2) is 0 Å². The van der Waals surface area contributed by atoms with Crippen LogP contribution in [0.1, 0.15) is 142 Å². The Morgan fingerprint density at radius 1 is 0.667 bits per heavy atom. The van der Waals surface area contributed by atoms with Crippen molar-refractivity contribution in [1.82, 2.24) is 0 Å². The number of carbonyl (C=O) groups excluding carboxylic acids is 1. The summed E-state index contributed by atoms with van der Waals surface area (Å²) in [5, 5.41) is 0. The van der Waals surface area contributed by atoms with Crippen molar-refractivity contribution in [2.24, 2.45) is 22.7 Å². The maximum Gasteiger partial charge on any atom is 0.151 e. The number of rotatable bonds is 12. The minimum atomic E-state index is -0.839. The zero-order valence-electron chi connectivity index (χ0n) is 20.2. The third-order valence-corrected chi connectivity index (χ3v) is 9.30. The van der Waals surface area contributed by atoms with Crippen LogP contribution >= 0.6 is 0 Å². The number of unbranched alkanes of at least 4 members (excludes halogenated alkanes) is 8. The molecule has 3 aliphatic rings. The van der Waals surface area contributed by atoms with E-state index in [1.54, 1.807) is 0 Å². The highest BCUT2D eigenvalue weighted by Gasteiger charge is 2.71. The van der Waals surface area contributed by atoms with E-state index in [9.17, 15) is 4.79 Å². The van der Waals surface area contributed by atoms with Gasteiger partial charge in [0, 0.05) is 0 Å². The molecule has 0 unspecified atom stereocenters. The molecule has 3 fully saturated rings. The van der Waals surface area contributed by atoms with Gasteiger partial charge in [-0.15, -0.1) is 0 Å². The topological polar surface area (TPSA) is 17.1 Å². The van der Waals surface area contributed by atoms with Gasteiger partial charge in [0.25, 0.3) is 0 Å². The second kappa shape index (κ2) is 11.5. The number of carbonyl (C=O) groups is 1. The van der Waals surface area contributed by atoms with E-state index in [-0.39, 0.29) is 0 Å². The van der Waals surface area contributed by atoms with Crippen LogP contribution in [-0.4, -0.2) is 12.0 Å². The van der Waals surface area contributed by atoms with Crippen LogP contribution in [-0.2, 0) is 4.79 Å². The molecule has 0 aliphatic heterocycles. The molecule has 0 aromatic rings. The standard InChI is InChI=1S/C28H49FO/c1-3-5-7-9-11-13-23-15-19-27(20-16-23)25(29)28(26(27)30)21-17-24(18-22-28)14-12-10-8-6-4-2/h23-25H,3-22H2,1-2H3. The maximum atomic E-state index is 15.7. The van der Waals surface area contributed by atoms with Crippen molar-refractivity contribution in [2.45, 2.75) is 148 Å². The number of halogens is 1. The zero-order chi connectivity index (χ0) is 21.5. The van der Waals surface area contributed by atoms with Gasteiger partial charge in [-0.3, -0.25) is 4.79 Å². The number of alkyl halides is 1. The van der Waals surface area contributed by atoms with Crippen molar-refractivity contribution in [3.63, 3.8) is 0 Å². The van der Waals surface area contributed by atoms with E-state index >= 15 is 4.39 Å². The maximum absolute atomic E-state index is 15.7. The minimum Gasteiger partial charge on any atom is -0.298 e. The number of ketones is 1. The lowest BCUT2D eigenvalue weighted by Crippen LogP contribution is -2.69. The zero-order valence-corrected chi connectivity index (χ0v) is 20.2. The van der Waals surface area contributed by atoms with Crippen LogP contribution in [0.2, 0.25) is 0 Å². The molecular weight excluding hydrogens is 371 g/mol. The Labute approximate surface area is 186 Å². The smallest absolute Gasteiger partial charge is 0.151 e. The van der Waals surface area contributed by atoms with Crippen LogP contribution in [0, 0.1) is 22.7 Å². The quantitative estimate of drug-likeness (QED) is 0.288. The Bertz CT molecular complexity index is 467. The summed E-state index contributed by atoms with van der Waals surface area (Å²) < 4.78 is 15.7. The highest BCUT2D eigenvalue weighted by Crippen LogP contribution is 2.65. The predicted octanol–water partition coefficient (Wildman–Crippen LogP) is 8.98. The molecule has 0 radical (unpaired) electrons. The first-order valence-electron chi connectivity index (χ1n) is 13.8. The molecule has 3 aliphatic carbocycles. The molecular formula is C28H49FO. The molecule has 0 saturated heterocycles. The fourth-order valence-corrected chi connectivity index (χ4v) is 7.17. The Morgan fingerprint density at radius 3 is 1.37 bits per heavy atom. The summed E-state index contributed by atoms with van der Waals surface area (Å²) in [5.41, 5.74) is -1.13. The normalized spacial score (nSPS) is 36.4. The largest absolute Gasteiger partial charge is 0.298 e. The third kappa shape index (κ3) is 5.15. The molecule has 0 atom stereocenters. The predicted molar refractivity (Wildman–Crippen MR) is 125 cm³/mol. The summed E-state index contributed by atoms with van der Waals surface area (Å²) in [4.78, 5) is 13.4. The van der Waals surface area contributed by atoms with Gasteiger partial charge in [-0.25, -0.2) is 4.39 Å². The van der Waals surface area contributed by atoms with E-state index < -0.39 is 17.0 Å². The lowest BCUT2D eigenvalue weighted by molar-refractivity contribution is -0.193. The molecule has 0 bridgehead atoms. The SMILES string of the molecule is CCCCCCCC1CCC2(CC1)C(=O)C1(CCC(CCCCCCC)CC1)C2F. The lowest BCUT2D eigenvalue weighted by Gasteiger charge is -2.61. The summed E-state index contributed by atoms with van der Waals surface area (Å²) in [6.45, 7) is 4.52. The van der Waals surface area contributed by atoms with Crippen molar-refractivity contribution < 1.29 is 9.18 Å². The van der Waals surface area contributed by atoms with E-state index in [2.05, 4.69) is 13.8 Å². The Kier molecular flexibility index (Phi) is 9.26. The van der Waals surface area contributed by atoms with Crippen molar-refractivity contribution >= 4 is 5.78 Å². The molecule has 30 heavy (non-hydrogen) atoms. The second-order valence-corrected chi connectivity index (χ2v) is 11.3. The van der Waals surface area contributed by atoms with Crippen LogP contribution in [0.4, 0.5) is 4.39 Å². The van der Waals surface area contributed by atoms with E-state index in [0.717, 1.165) is 63.2 Å². The fraction of sp³-hybridized carbons (Fsp3) is 0.964. The van der Waals surface area contributed by atoms with Gasteiger partial charge in [0.1, 0.15) is 6.17 Å². The minimum absolute atomic E-state index is 0.352. The second-order valence-electron chi connectivity index (χ2n) is 11.3.